The Kier molecular flexibility index (Phi) is 6.06. The average Bonchev–Trinajstić information content (AvgIpc) is 3.38. The molecule has 7 heteroatoms. The number of alkyl carbamates (subject to hydrolysis) is 1. The highest BCUT2D eigenvalue weighted by molar-refractivity contribution is 5.88. The van der Waals surface area contributed by atoms with Gasteiger partial charge in [-0.2, -0.15) is 0 Å². The van der Waals surface area contributed by atoms with Crippen molar-refractivity contribution in [3.8, 4) is 11.1 Å². The van der Waals surface area contributed by atoms with Gasteiger partial charge in [-0.15, -0.1) is 0 Å². The zero-order chi connectivity index (χ0) is 24.4. The van der Waals surface area contributed by atoms with E-state index in [0.717, 1.165) is 16.6 Å². The number of imidazole rings is 1. The van der Waals surface area contributed by atoms with Gasteiger partial charge < -0.3 is 19.4 Å². The van der Waals surface area contributed by atoms with E-state index in [0.29, 0.717) is 5.82 Å². The summed E-state index contributed by atoms with van der Waals surface area (Å²) in [6.45, 7) is 0.494. The molecule has 0 aliphatic heterocycles. The van der Waals surface area contributed by atoms with E-state index in [-0.39, 0.29) is 19.1 Å². The normalized spacial score (nSPS) is 12.5. The number of fused-ring (bicyclic) bond motifs is 4. The quantitative estimate of drug-likeness (QED) is 0.325. The number of nitrogens with one attached hydrogen (secondary N) is 1. The van der Waals surface area contributed by atoms with Crippen LogP contribution in [0.1, 0.15) is 28.4 Å². The van der Waals surface area contributed by atoms with E-state index < -0.39 is 12.1 Å². The molecule has 0 atom stereocenters. The second-order valence-corrected chi connectivity index (χ2v) is 8.37. The van der Waals surface area contributed by atoms with Gasteiger partial charge in [-0.3, -0.25) is 0 Å². The number of benzene rings is 3. The van der Waals surface area contributed by atoms with E-state index in [1.165, 1.54) is 35.4 Å². The monoisotopic (exact) mass is 467 g/mol. The molecule has 0 radical (unpaired) electrons. The number of rotatable bonds is 6. The molecule has 0 saturated carbocycles. The molecule has 0 bridgehead atoms. The van der Waals surface area contributed by atoms with Crippen LogP contribution in [-0.4, -0.2) is 35.3 Å². The van der Waals surface area contributed by atoms with Crippen molar-refractivity contribution in [1.29, 1.82) is 0 Å². The number of ether oxygens (including phenoxy) is 2. The third-order valence-electron chi connectivity index (χ3n) is 6.35. The number of hydrogen-bond acceptors (Lipinski definition) is 5. The van der Waals surface area contributed by atoms with Crippen molar-refractivity contribution in [2.24, 2.45) is 7.05 Å². The lowest BCUT2D eigenvalue weighted by molar-refractivity contribution is -0.134. The second kappa shape index (κ2) is 9.46. The summed E-state index contributed by atoms with van der Waals surface area (Å²) in [4.78, 5) is 28.5. The van der Waals surface area contributed by atoms with E-state index in [4.69, 9.17) is 4.74 Å². The first-order chi connectivity index (χ1) is 17.0. The van der Waals surface area contributed by atoms with Crippen molar-refractivity contribution >= 4 is 29.2 Å². The standard InChI is InChI=1S/C28H25N3O4/c1-31-25-13-11-18(12-14-27(32)34-2)15-24(25)30-26(31)16-29-28(33)35-17-23-21-9-5-3-7-19(21)20-8-4-6-10-22(20)23/h3-15,23H,16-17H2,1-2H3,(H,29,33). The zero-order valence-corrected chi connectivity index (χ0v) is 19.5. The number of methoxy groups -OCH3 is 1. The number of carbonyl (C=O) groups excluding carboxylic acids is 2. The Hall–Kier alpha value is -4.39. The third kappa shape index (κ3) is 4.40. The molecule has 0 fully saturated rings. The summed E-state index contributed by atoms with van der Waals surface area (Å²) in [7, 11) is 3.23. The van der Waals surface area contributed by atoms with Gasteiger partial charge in [-0.25, -0.2) is 14.6 Å². The molecule has 1 heterocycles. The highest BCUT2D eigenvalue weighted by Crippen LogP contribution is 2.44. The van der Waals surface area contributed by atoms with Gasteiger partial charge in [-0.1, -0.05) is 54.6 Å². The summed E-state index contributed by atoms with van der Waals surface area (Å²) in [5, 5.41) is 2.82. The van der Waals surface area contributed by atoms with Gasteiger partial charge in [0.25, 0.3) is 0 Å². The summed E-state index contributed by atoms with van der Waals surface area (Å²) < 4.78 is 12.2. The lowest BCUT2D eigenvalue weighted by Gasteiger charge is -2.14. The van der Waals surface area contributed by atoms with Crippen LogP contribution in [0.4, 0.5) is 4.79 Å². The lowest BCUT2D eigenvalue weighted by Crippen LogP contribution is -2.26. The number of nitrogens with zero attached hydrogens (tertiary/aromatic N) is 2. The van der Waals surface area contributed by atoms with E-state index in [2.05, 4.69) is 39.3 Å². The minimum Gasteiger partial charge on any atom is -0.466 e. The average molecular weight is 468 g/mol. The Morgan fingerprint density at radius 2 is 1.71 bits per heavy atom. The Morgan fingerprint density at radius 1 is 1.03 bits per heavy atom. The van der Waals surface area contributed by atoms with E-state index >= 15 is 0 Å². The van der Waals surface area contributed by atoms with Gasteiger partial charge in [0, 0.05) is 19.0 Å². The molecule has 1 aliphatic rings. The van der Waals surface area contributed by atoms with Crippen LogP contribution in [0.5, 0.6) is 0 Å². The Labute approximate surface area is 203 Å². The van der Waals surface area contributed by atoms with Crippen LogP contribution in [0.15, 0.2) is 72.8 Å². The van der Waals surface area contributed by atoms with Crippen molar-refractivity contribution in [1.82, 2.24) is 14.9 Å². The Bertz CT molecular complexity index is 1410. The summed E-state index contributed by atoms with van der Waals surface area (Å²) >= 11 is 0. The van der Waals surface area contributed by atoms with Crippen molar-refractivity contribution < 1.29 is 19.1 Å². The molecular weight excluding hydrogens is 442 g/mol. The summed E-state index contributed by atoms with van der Waals surface area (Å²) in [6, 6.07) is 22.2. The predicted molar refractivity (Wildman–Crippen MR) is 134 cm³/mol. The SMILES string of the molecule is COC(=O)C=Cc1ccc2c(c1)nc(CNC(=O)OCC1c3ccccc3-c3ccccc31)n2C. The molecule has 4 aromatic rings. The molecule has 176 valence electrons. The minimum atomic E-state index is -0.486. The highest BCUT2D eigenvalue weighted by Gasteiger charge is 2.29. The second-order valence-electron chi connectivity index (χ2n) is 8.37. The van der Waals surface area contributed by atoms with E-state index in [9.17, 15) is 9.59 Å². The smallest absolute Gasteiger partial charge is 0.407 e. The fourth-order valence-electron chi connectivity index (χ4n) is 4.56. The lowest BCUT2D eigenvalue weighted by atomic mass is 9.98. The Morgan fingerprint density at radius 3 is 2.40 bits per heavy atom. The summed E-state index contributed by atoms with van der Waals surface area (Å²) in [6.07, 6.45) is 2.55. The maximum atomic E-state index is 12.5. The van der Waals surface area contributed by atoms with Crippen molar-refractivity contribution in [3.63, 3.8) is 0 Å². The van der Waals surface area contributed by atoms with Crippen LogP contribution in [0.25, 0.3) is 28.2 Å². The first-order valence-corrected chi connectivity index (χ1v) is 11.4. The molecule has 5 rings (SSSR count). The zero-order valence-electron chi connectivity index (χ0n) is 19.5. The van der Waals surface area contributed by atoms with Gasteiger partial charge in [0.05, 0.1) is 24.7 Å². The molecule has 0 unspecified atom stereocenters. The van der Waals surface area contributed by atoms with Gasteiger partial charge in [0.15, 0.2) is 0 Å². The number of carbonyl (C=O) groups is 2. The molecule has 1 N–H and O–H groups in total. The maximum Gasteiger partial charge on any atom is 0.407 e. The molecule has 7 nitrogen and oxygen atoms in total. The molecular formula is C28H25N3O4. The number of aryl methyl sites for hydroxylation is 1. The van der Waals surface area contributed by atoms with Crippen LogP contribution in [0, 0.1) is 0 Å². The fourth-order valence-corrected chi connectivity index (χ4v) is 4.56. The molecule has 0 saturated heterocycles. The third-order valence-corrected chi connectivity index (χ3v) is 6.35. The van der Waals surface area contributed by atoms with Crippen molar-refractivity contribution in [3.05, 3.63) is 95.3 Å². The van der Waals surface area contributed by atoms with Gasteiger partial charge in [0.1, 0.15) is 12.4 Å². The molecule has 1 amide bonds. The largest absolute Gasteiger partial charge is 0.466 e. The molecule has 1 aliphatic carbocycles. The van der Waals surface area contributed by atoms with Crippen LogP contribution in [0.2, 0.25) is 0 Å². The molecule has 35 heavy (non-hydrogen) atoms. The van der Waals surface area contributed by atoms with Crippen LogP contribution >= 0.6 is 0 Å². The number of hydrogen-bond donors (Lipinski definition) is 1. The van der Waals surface area contributed by atoms with Crippen LogP contribution in [0.3, 0.4) is 0 Å². The van der Waals surface area contributed by atoms with Crippen molar-refractivity contribution in [2.45, 2.75) is 12.5 Å². The van der Waals surface area contributed by atoms with Gasteiger partial charge in [-0.05, 0) is 46.0 Å². The summed E-state index contributed by atoms with van der Waals surface area (Å²) in [5.74, 6) is 0.294. The van der Waals surface area contributed by atoms with Crippen LogP contribution < -0.4 is 5.32 Å². The highest BCUT2D eigenvalue weighted by atomic mass is 16.5. The van der Waals surface area contributed by atoms with E-state index in [1.54, 1.807) is 6.08 Å². The molecule has 3 aromatic carbocycles. The number of amides is 1. The first kappa shape index (κ1) is 22.4. The maximum absolute atomic E-state index is 12.5. The van der Waals surface area contributed by atoms with E-state index in [1.807, 2.05) is 54.1 Å². The fraction of sp³-hybridized carbons (Fsp3) is 0.179. The number of esters is 1. The van der Waals surface area contributed by atoms with Crippen LogP contribution in [-0.2, 0) is 27.9 Å². The van der Waals surface area contributed by atoms with Crippen molar-refractivity contribution in [2.75, 3.05) is 13.7 Å². The van der Waals surface area contributed by atoms with Gasteiger partial charge >= 0.3 is 12.1 Å². The van der Waals surface area contributed by atoms with Gasteiger partial charge in [0.2, 0.25) is 0 Å². The minimum absolute atomic E-state index is 0.0142. The molecule has 1 aromatic heterocycles. The summed E-state index contributed by atoms with van der Waals surface area (Å²) in [5.41, 5.74) is 7.25. The topological polar surface area (TPSA) is 82.4 Å². The number of aromatic nitrogens is 2. The first-order valence-electron chi connectivity index (χ1n) is 11.4. The predicted octanol–water partition coefficient (Wildman–Crippen LogP) is 4.80. The molecule has 0 spiro atoms. The Balaban J connectivity index is 1.24.